The Morgan fingerprint density at radius 2 is 1.24 bits per heavy atom. The minimum atomic E-state index is 0.152. The number of hydrogen-bond donors (Lipinski definition) is 2. The van der Waals surface area contributed by atoms with E-state index in [-0.39, 0.29) is 11.5 Å². The van der Waals surface area contributed by atoms with Crippen molar-refractivity contribution in [2.24, 2.45) is 0 Å². The molecule has 0 fully saturated rings. The molecule has 0 atom stereocenters. The van der Waals surface area contributed by atoms with E-state index in [2.05, 4.69) is 31.2 Å². The van der Waals surface area contributed by atoms with Gasteiger partial charge in [0.05, 0.1) is 0 Å². The van der Waals surface area contributed by atoms with E-state index in [0.29, 0.717) is 0 Å². The Balaban J connectivity index is 1.91. The lowest BCUT2D eigenvalue weighted by molar-refractivity contribution is 0.449. The molecule has 1 aromatic carbocycles. The van der Waals surface area contributed by atoms with E-state index in [9.17, 15) is 10.2 Å². The lowest BCUT2D eigenvalue weighted by atomic mass is 10.0. The Bertz CT molecular complexity index is 483. The summed E-state index contributed by atoms with van der Waals surface area (Å²) < 4.78 is 0. The van der Waals surface area contributed by atoms with Gasteiger partial charge in [-0.15, -0.1) is 0 Å². The quantitative estimate of drug-likeness (QED) is 0.280. The van der Waals surface area contributed by atoms with Gasteiger partial charge in [0.2, 0.25) is 0 Å². The van der Waals surface area contributed by atoms with Crippen LogP contribution < -0.4 is 0 Å². The summed E-state index contributed by atoms with van der Waals surface area (Å²) >= 11 is 0. The molecule has 0 bridgehead atoms. The van der Waals surface area contributed by atoms with E-state index in [0.717, 1.165) is 24.8 Å². The van der Waals surface area contributed by atoms with Crippen molar-refractivity contribution in [3.8, 4) is 11.5 Å². The predicted molar refractivity (Wildman–Crippen MR) is 108 cm³/mol. The van der Waals surface area contributed by atoms with E-state index in [1.807, 2.05) is 0 Å². The minimum Gasteiger partial charge on any atom is -0.508 e. The van der Waals surface area contributed by atoms with Crippen LogP contribution in [0.15, 0.2) is 42.5 Å². The molecule has 0 spiro atoms. The second-order valence-electron chi connectivity index (χ2n) is 6.84. The maximum atomic E-state index is 9.45. The van der Waals surface area contributed by atoms with Gasteiger partial charge in [-0.1, -0.05) is 69.8 Å². The largest absolute Gasteiger partial charge is 0.508 e. The summed E-state index contributed by atoms with van der Waals surface area (Å²) in [5, 5.41) is 18.9. The number of phenols is 2. The molecule has 0 saturated heterocycles. The fraction of sp³-hybridized carbons (Fsp3) is 0.565. The van der Waals surface area contributed by atoms with E-state index in [1.165, 1.54) is 63.9 Å². The number of rotatable bonds is 14. The van der Waals surface area contributed by atoms with Crippen LogP contribution in [0.3, 0.4) is 0 Å². The SMILES string of the molecule is CCCC/C=C\C/C=C\CCCCCCCCc1cc(O)cc(O)c1. The molecule has 1 aromatic rings. The highest BCUT2D eigenvalue weighted by Crippen LogP contribution is 2.22. The normalized spacial score (nSPS) is 11.7. The molecule has 2 nitrogen and oxygen atoms in total. The number of aromatic hydroxyl groups is 2. The Morgan fingerprint density at radius 3 is 1.88 bits per heavy atom. The van der Waals surface area contributed by atoms with E-state index in [1.54, 1.807) is 12.1 Å². The third kappa shape index (κ3) is 12.3. The van der Waals surface area contributed by atoms with Crippen LogP contribution in [0.2, 0.25) is 0 Å². The molecule has 2 N–H and O–H groups in total. The lowest BCUT2D eigenvalue weighted by Crippen LogP contribution is -1.86. The highest BCUT2D eigenvalue weighted by molar-refractivity contribution is 5.36. The van der Waals surface area contributed by atoms with Gasteiger partial charge in [0.1, 0.15) is 11.5 Å². The van der Waals surface area contributed by atoms with Gasteiger partial charge in [-0.05, 0) is 56.2 Å². The molecule has 0 amide bonds. The number of phenolic OH excluding ortho intramolecular Hbond substituents is 2. The van der Waals surface area contributed by atoms with Crippen molar-refractivity contribution in [3.05, 3.63) is 48.1 Å². The van der Waals surface area contributed by atoms with Crippen molar-refractivity contribution in [3.63, 3.8) is 0 Å². The maximum Gasteiger partial charge on any atom is 0.119 e. The first-order chi connectivity index (χ1) is 12.2. The van der Waals surface area contributed by atoms with Crippen LogP contribution in [0.4, 0.5) is 0 Å². The molecule has 0 aliphatic rings. The number of unbranched alkanes of at least 4 members (excludes halogenated alkanes) is 8. The standard InChI is InChI=1S/C23H36O2/c1-2-3-4-5-6-7-8-9-10-11-12-13-14-15-16-17-21-18-22(24)20-23(25)19-21/h5-6,8-9,18-20,24-25H,2-4,7,10-17H2,1H3/b6-5-,9-8-. The van der Waals surface area contributed by atoms with Crippen molar-refractivity contribution in [1.29, 1.82) is 0 Å². The fourth-order valence-electron chi connectivity index (χ4n) is 2.93. The highest BCUT2D eigenvalue weighted by Gasteiger charge is 1.99. The third-order valence-electron chi connectivity index (χ3n) is 4.38. The van der Waals surface area contributed by atoms with E-state index in [4.69, 9.17) is 0 Å². The number of aryl methyl sites for hydroxylation is 1. The van der Waals surface area contributed by atoms with Gasteiger partial charge < -0.3 is 10.2 Å². The first-order valence-corrected chi connectivity index (χ1v) is 10.0. The summed E-state index contributed by atoms with van der Waals surface area (Å²) in [4.78, 5) is 0. The number of allylic oxidation sites excluding steroid dienone is 4. The Hall–Kier alpha value is -1.70. The molecule has 25 heavy (non-hydrogen) atoms. The summed E-state index contributed by atoms with van der Waals surface area (Å²) in [6.45, 7) is 2.23. The van der Waals surface area contributed by atoms with Crippen LogP contribution in [0.5, 0.6) is 11.5 Å². The predicted octanol–water partition coefficient (Wildman–Crippen LogP) is 7.06. The van der Waals surface area contributed by atoms with Gasteiger partial charge >= 0.3 is 0 Å². The van der Waals surface area contributed by atoms with Crippen LogP contribution in [0.25, 0.3) is 0 Å². The molecule has 2 heteroatoms. The Labute approximate surface area is 154 Å². The van der Waals surface area contributed by atoms with Gasteiger partial charge in [-0.25, -0.2) is 0 Å². The van der Waals surface area contributed by atoms with Crippen molar-refractivity contribution < 1.29 is 10.2 Å². The monoisotopic (exact) mass is 344 g/mol. The van der Waals surface area contributed by atoms with Crippen LogP contribution >= 0.6 is 0 Å². The molecular weight excluding hydrogens is 308 g/mol. The van der Waals surface area contributed by atoms with Gasteiger partial charge in [-0.3, -0.25) is 0 Å². The van der Waals surface area contributed by atoms with Gasteiger partial charge in [0.25, 0.3) is 0 Å². The summed E-state index contributed by atoms with van der Waals surface area (Å²) in [6.07, 6.45) is 23.7. The summed E-state index contributed by atoms with van der Waals surface area (Å²) in [7, 11) is 0. The molecule has 0 heterocycles. The van der Waals surface area contributed by atoms with Crippen molar-refractivity contribution in [2.45, 2.75) is 84.0 Å². The maximum absolute atomic E-state index is 9.45. The molecular formula is C23H36O2. The zero-order chi connectivity index (χ0) is 18.2. The van der Waals surface area contributed by atoms with E-state index < -0.39 is 0 Å². The molecule has 0 aromatic heterocycles. The molecule has 0 saturated carbocycles. The molecule has 0 radical (unpaired) electrons. The first kappa shape index (κ1) is 21.3. The van der Waals surface area contributed by atoms with Crippen LogP contribution in [0, 0.1) is 0 Å². The van der Waals surface area contributed by atoms with Crippen molar-refractivity contribution in [2.75, 3.05) is 0 Å². The summed E-state index contributed by atoms with van der Waals surface area (Å²) in [5.41, 5.74) is 1.02. The van der Waals surface area contributed by atoms with Crippen LogP contribution in [-0.4, -0.2) is 10.2 Å². The second kappa shape index (κ2) is 14.6. The topological polar surface area (TPSA) is 40.5 Å². The smallest absolute Gasteiger partial charge is 0.119 e. The second-order valence-corrected chi connectivity index (χ2v) is 6.84. The molecule has 1 rings (SSSR count). The molecule has 0 unspecified atom stereocenters. The minimum absolute atomic E-state index is 0.152. The van der Waals surface area contributed by atoms with Gasteiger partial charge in [0, 0.05) is 6.07 Å². The molecule has 0 aliphatic carbocycles. The third-order valence-corrected chi connectivity index (χ3v) is 4.38. The summed E-state index contributed by atoms with van der Waals surface area (Å²) in [5.74, 6) is 0.305. The zero-order valence-corrected chi connectivity index (χ0v) is 15.9. The Kier molecular flexibility index (Phi) is 12.5. The van der Waals surface area contributed by atoms with Crippen LogP contribution in [-0.2, 0) is 6.42 Å². The molecule has 140 valence electrons. The fourth-order valence-corrected chi connectivity index (χ4v) is 2.93. The lowest BCUT2D eigenvalue weighted by Gasteiger charge is -2.04. The van der Waals surface area contributed by atoms with Crippen LogP contribution in [0.1, 0.15) is 83.1 Å². The number of hydrogen-bond acceptors (Lipinski definition) is 2. The number of benzene rings is 1. The first-order valence-electron chi connectivity index (χ1n) is 10.0. The highest BCUT2D eigenvalue weighted by atomic mass is 16.3. The van der Waals surface area contributed by atoms with Crippen molar-refractivity contribution in [1.82, 2.24) is 0 Å². The zero-order valence-electron chi connectivity index (χ0n) is 15.9. The van der Waals surface area contributed by atoms with Gasteiger partial charge in [-0.2, -0.15) is 0 Å². The van der Waals surface area contributed by atoms with E-state index >= 15 is 0 Å². The van der Waals surface area contributed by atoms with Gasteiger partial charge in [0.15, 0.2) is 0 Å². The van der Waals surface area contributed by atoms with Crippen molar-refractivity contribution >= 4 is 0 Å². The molecule has 0 aliphatic heterocycles. The average Bonchev–Trinajstić information content (AvgIpc) is 2.57. The Morgan fingerprint density at radius 1 is 0.680 bits per heavy atom. The average molecular weight is 345 g/mol. The summed E-state index contributed by atoms with van der Waals surface area (Å²) in [6, 6.07) is 4.86.